The van der Waals surface area contributed by atoms with Gasteiger partial charge in [-0.2, -0.15) is 0 Å². The zero-order valence-electron chi connectivity index (χ0n) is 11.7. The van der Waals surface area contributed by atoms with Gasteiger partial charge >= 0.3 is 0 Å². The third kappa shape index (κ3) is 4.05. The van der Waals surface area contributed by atoms with Gasteiger partial charge in [0.15, 0.2) is 0 Å². The maximum absolute atomic E-state index is 12.3. The van der Waals surface area contributed by atoms with Crippen LogP contribution in [0.3, 0.4) is 0 Å². The minimum atomic E-state index is 0.0824. The second kappa shape index (κ2) is 6.46. The summed E-state index contributed by atoms with van der Waals surface area (Å²) in [5, 5.41) is 4.88. The van der Waals surface area contributed by atoms with E-state index in [-0.39, 0.29) is 11.8 Å². The van der Waals surface area contributed by atoms with Gasteiger partial charge in [0, 0.05) is 37.6 Å². The summed E-state index contributed by atoms with van der Waals surface area (Å²) in [5.74, 6) is 0.193. The molecule has 1 saturated carbocycles. The van der Waals surface area contributed by atoms with E-state index in [1.54, 1.807) is 0 Å². The Morgan fingerprint density at radius 3 is 2.57 bits per heavy atom. The highest BCUT2D eigenvalue weighted by atomic mass is 79.9. The van der Waals surface area contributed by atoms with Gasteiger partial charge < -0.3 is 10.2 Å². The average molecular weight is 372 g/mol. The van der Waals surface area contributed by atoms with Crippen LogP contribution in [-0.4, -0.2) is 60.4 Å². The quantitative estimate of drug-likeness (QED) is 0.873. The summed E-state index contributed by atoms with van der Waals surface area (Å²) in [6.07, 6.45) is 2.23. The van der Waals surface area contributed by atoms with Gasteiger partial charge in [-0.15, -0.1) is 11.3 Å². The van der Waals surface area contributed by atoms with Crippen LogP contribution in [0.25, 0.3) is 0 Å². The van der Waals surface area contributed by atoms with Crippen LogP contribution in [0, 0.1) is 0 Å². The summed E-state index contributed by atoms with van der Waals surface area (Å²) in [6.45, 7) is 3.33. The Morgan fingerprint density at radius 2 is 2.00 bits per heavy atom. The van der Waals surface area contributed by atoms with E-state index in [0.717, 1.165) is 35.3 Å². The number of rotatable bonds is 4. The minimum Gasteiger partial charge on any atom is -0.352 e. The van der Waals surface area contributed by atoms with Crippen molar-refractivity contribution in [2.45, 2.75) is 18.9 Å². The topological polar surface area (TPSA) is 52.7 Å². The zero-order valence-corrected chi connectivity index (χ0v) is 14.1. The summed E-state index contributed by atoms with van der Waals surface area (Å²) < 4.78 is 0.973. The average Bonchev–Trinajstić information content (AvgIpc) is 3.17. The molecule has 1 N–H and O–H groups in total. The number of hydrogen-bond acceptors (Lipinski definition) is 4. The number of hydrogen-bond donors (Lipinski definition) is 1. The summed E-state index contributed by atoms with van der Waals surface area (Å²) in [6, 6.07) is 2.28. The fourth-order valence-electron chi connectivity index (χ4n) is 2.42. The van der Waals surface area contributed by atoms with Crippen molar-refractivity contribution in [3.05, 3.63) is 20.8 Å². The molecule has 7 heteroatoms. The lowest BCUT2D eigenvalue weighted by Gasteiger charge is -2.34. The largest absolute Gasteiger partial charge is 0.352 e. The number of nitrogens with zero attached hydrogens (tertiary/aromatic N) is 2. The Hall–Kier alpha value is -0.920. The van der Waals surface area contributed by atoms with Crippen molar-refractivity contribution >= 4 is 39.1 Å². The van der Waals surface area contributed by atoms with Gasteiger partial charge in [0.1, 0.15) is 0 Å². The van der Waals surface area contributed by atoms with Crippen molar-refractivity contribution < 1.29 is 9.59 Å². The molecule has 5 nitrogen and oxygen atoms in total. The molecule has 1 aliphatic heterocycles. The Morgan fingerprint density at radius 1 is 1.29 bits per heavy atom. The number of thiophene rings is 1. The predicted octanol–water partition coefficient (Wildman–Crippen LogP) is 1.55. The van der Waals surface area contributed by atoms with Gasteiger partial charge in [-0.25, -0.2) is 0 Å². The molecule has 3 rings (SSSR count). The monoisotopic (exact) mass is 371 g/mol. The van der Waals surface area contributed by atoms with E-state index in [0.29, 0.717) is 25.7 Å². The molecule has 0 radical (unpaired) electrons. The minimum absolute atomic E-state index is 0.0824. The highest BCUT2D eigenvalue weighted by molar-refractivity contribution is 9.11. The van der Waals surface area contributed by atoms with Crippen LogP contribution >= 0.6 is 27.3 Å². The molecular formula is C14H18BrN3O2S. The van der Waals surface area contributed by atoms with Crippen LogP contribution in [0.4, 0.5) is 0 Å². The number of halogens is 1. The van der Waals surface area contributed by atoms with Crippen molar-refractivity contribution in [3.63, 3.8) is 0 Å². The number of nitrogens with one attached hydrogen (secondary N) is 1. The molecule has 1 aliphatic carbocycles. The van der Waals surface area contributed by atoms with Crippen LogP contribution in [0.2, 0.25) is 0 Å². The smallest absolute Gasteiger partial charge is 0.254 e. The third-order valence-electron chi connectivity index (χ3n) is 3.78. The summed E-state index contributed by atoms with van der Waals surface area (Å²) in [4.78, 5) is 28.1. The molecule has 0 spiro atoms. The first-order valence-corrected chi connectivity index (χ1v) is 8.84. The van der Waals surface area contributed by atoms with Crippen molar-refractivity contribution in [1.82, 2.24) is 15.1 Å². The molecule has 114 valence electrons. The standard InChI is InChI=1S/C14H18BrN3O2S/c15-12-7-10(9-21-12)14(20)18-5-3-17(4-6-18)8-13(19)16-11-1-2-11/h7,9,11H,1-6,8H2,(H,16,19). The molecule has 2 heterocycles. The molecular weight excluding hydrogens is 354 g/mol. The molecule has 0 bridgehead atoms. The van der Waals surface area contributed by atoms with Crippen molar-refractivity contribution in [2.75, 3.05) is 32.7 Å². The van der Waals surface area contributed by atoms with Gasteiger partial charge in [-0.05, 0) is 34.8 Å². The van der Waals surface area contributed by atoms with Gasteiger partial charge in [-0.1, -0.05) is 0 Å². The fourth-order valence-corrected chi connectivity index (χ4v) is 3.55. The molecule has 2 amide bonds. The predicted molar refractivity (Wildman–Crippen MR) is 85.5 cm³/mol. The molecule has 2 fully saturated rings. The second-order valence-electron chi connectivity index (χ2n) is 5.55. The lowest BCUT2D eigenvalue weighted by molar-refractivity contribution is -0.122. The van der Waals surface area contributed by atoms with Crippen LogP contribution in [0.5, 0.6) is 0 Å². The molecule has 1 aromatic heterocycles. The Kier molecular flexibility index (Phi) is 4.61. The SMILES string of the molecule is O=C(CN1CCN(C(=O)c2csc(Br)c2)CC1)NC1CC1. The first-order valence-electron chi connectivity index (χ1n) is 7.17. The number of piperazine rings is 1. The van der Waals surface area contributed by atoms with Crippen molar-refractivity contribution in [2.24, 2.45) is 0 Å². The van der Waals surface area contributed by atoms with E-state index in [2.05, 4.69) is 26.1 Å². The van der Waals surface area contributed by atoms with Gasteiger partial charge in [0.25, 0.3) is 5.91 Å². The molecule has 2 aliphatic rings. The van der Waals surface area contributed by atoms with E-state index in [4.69, 9.17) is 0 Å². The maximum Gasteiger partial charge on any atom is 0.254 e. The number of carbonyl (C=O) groups excluding carboxylic acids is 2. The summed E-state index contributed by atoms with van der Waals surface area (Å²) in [5.41, 5.74) is 0.742. The normalized spacial score (nSPS) is 19.6. The Balaban J connectivity index is 1.46. The van der Waals surface area contributed by atoms with Gasteiger partial charge in [-0.3, -0.25) is 14.5 Å². The zero-order chi connectivity index (χ0) is 14.8. The second-order valence-corrected chi connectivity index (χ2v) is 7.84. The summed E-state index contributed by atoms with van der Waals surface area (Å²) in [7, 11) is 0. The fraction of sp³-hybridized carbons (Fsp3) is 0.571. The van der Waals surface area contributed by atoms with E-state index in [1.807, 2.05) is 16.3 Å². The van der Waals surface area contributed by atoms with Gasteiger partial charge in [0.2, 0.25) is 5.91 Å². The van der Waals surface area contributed by atoms with E-state index in [1.165, 1.54) is 11.3 Å². The maximum atomic E-state index is 12.3. The lowest BCUT2D eigenvalue weighted by atomic mass is 10.2. The van der Waals surface area contributed by atoms with E-state index >= 15 is 0 Å². The molecule has 0 unspecified atom stereocenters. The molecule has 1 saturated heterocycles. The number of amides is 2. The van der Waals surface area contributed by atoms with Crippen molar-refractivity contribution in [1.29, 1.82) is 0 Å². The highest BCUT2D eigenvalue weighted by Gasteiger charge is 2.26. The van der Waals surface area contributed by atoms with E-state index in [9.17, 15) is 9.59 Å². The van der Waals surface area contributed by atoms with Crippen molar-refractivity contribution in [3.8, 4) is 0 Å². The highest BCUT2D eigenvalue weighted by Crippen LogP contribution is 2.22. The first-order chi connectivity index (χ1) is 10.1. The Bertz CT molecular complexity index is 536. The van der Waals surface area contributed by atoms with Gasteiger partial charge in [0.05, 0.1) is 15.9 Å². The van der Waals surface area contributed by atoms with Crippen LogP contribution in [0.1, 0.15) is 23.2 Å². The molecule has 1 aromatic rings. The van der Waals surface area contributed by atoms with Crippen LogP contribution < -0.4 is 5.32 Å². The van der Waals surface area contributed by atoms with E-state index < -0.39 is 0 Å². The summed E-state index contributed by atoms with van der Waals surface area (Å²) >= 11 is 4.90. The Labute approximate surface area is 136 Å². The molecule has 21 heavy (non-hydrogen) atoms. The molecule has 0 atom stereocenters. The van der Waals surface area contributed by atoms with Crippen LogP contribution in [-0.2, 0) is 4.79 Å². The molecule has 0 aromatic carbocycles. The lowest BCUT2D eigenvalue weighted by Crippen LogP contribution is -2.51. The third-order valence-corrected chi connectivity index (χ3v) is 5.29. The van der Waals surface area contributed by atoms with Crippen LogP contribution in [0.15, 0.2) is 15.2 Å². The number of carbonyl (C=O) groups is 2. The first kappa shape index (κ1) is 15.0.